The van der Waals surface area contributed by atoms with Gasteiger partial charge in [-0.1, -0.05) is 11.6 Å². The molecule has 2 aromatic rings. The molecule has 0 bridgehead atoms. The van der Waals surface area contributed by atoms with Gasteiger partial charge in [0.15, 0.2) is 0 Å². The lowest BCUT2D eigenvalue weighted by atomic mass is 10.1. The van der Waals surface area contributed by atoms with Gasteiger partial charge in [-0.15, -0.1) is 0 Å². The van der Waals surface area contributed by atoms with Crippen LogP contribution in [0.5, 0.6) is 5.75 Å². The zero-order valence-corrected chi connectivity index (χ0v) is 15.3. The summed E-state index contributed by atoms with van der Waals surface area (Å²) in [5, 5.41) is 0.448. The summed E-state index contributed by atoms with van der Waals surface area (Å²) in [4.78, 5) is 11.8. The lowest BCUT2D eigenvalue weighted by molar-refractivity contribution is 0.0953. The molecule has 0 heterocycles. The minimum atomic E-state index is -3.72. The third-order valence-electron chi connectivity index (χ3n) is 3.59. The zero-order chi connectivity index (χ0) is 18.6. The first-order valence-corrected chi connectivity index (χ1v) is 9.01. The van der Waals surface area contributed by atoms with Gasteiger partial charge in [-0.3, -0.25) is 10.2 Å². The Kier molecular flexibility index (Phi) is 6.02. The molecule has 134 valence electrons. The van der Waals surface area contributed by atoms with E-state index in [-0.39, 0.29) is 11.4 Å². The molecule has 1 amide bonds. The molecule has 0 aliphatic rings. The van der Waals surface area contributed by atoms with Gasteiger partial charge in [0.2, 0.25) is 10.0 Å². The predicted molar refractivity (Wildman–Crippen MR) is 94.8 cm³/mol. The maximum Gasteiger partial charge on any atom is 0.265 e. The lowest BCUT2D eigenvalue weighted by Crippen LogP contribution is -2.30. The van der Waals surface area contributed by atoms with Gasteiger partial charge in [0.05, 0.1) is 12.0 Å². The number of nitrogen functional groups attached to an aromatic ring is 1. The van der Waals surface area contributed by atoms with Crippen LogP contribution in [0.3, 0.4) is 0 Å². The third kappa shape index (κ3) is 4.29. The van der Waals surface area contributed by atoms with Crippen LogP contribution in [0.2, 0.25) is 5.02 Å². The molecule has 0 atom stereocenters. The highest BCUT2D eigenvalue weighted by Crippen LogP contribution is 2.24. The van der Waals surface area contributed by atoms with Crippen LogP contribution in [0, 0.1) is 0 Å². The largest absolute Gasteiger partial charge is 0.496 e. The number of hydrogen-bond donors (Lipinski definition) is 2. The van der Waals surface area contributed by atoms with E-state index in [4.69, 9.17) is 22.2 Å². The van der Waals surface area contributed by atoms with Crippen LogP contribution < -0.4 is 16.0 Å². The fourth-order valence-electron chi connectivity index (χ4n) is 2.24. The van der Waals surface area contributed by atoms with Crippen molar-refractivity contribution in [3.63, 3.8) is 0 Å². The molecule has 0 aliphatic heterocycles. The first-order chi connectivity index (χ1) is 11.8. The number of benzene rings is 2. The molecule has 0 spiro atoms. The van der Waals surface area contributed by atoms with Crippen LogP contribution in [0.15, 0.2) is 47.4 Å². The van der Waals surface area contributed by atoms with Crippen molar-refractivity contribution < 1.29 is 17.9 Å². The van der Waals surface area contributed by atoms with Crippen molar-refractivity contribution in [2.45, 2.75) is 11.4 Å². The minimum Gasteiger partial charge on any atom is -0.496 e. The van der Waals surface area contributed by atoms with Gasteiger partial charge in [0.25, 0.3) is 5.91 Å². The quantitative estimate of drug-likeness (QED) is 0.449. The summed E-state index contributed by atoms with van der Waals surface area (Å²) in [5.74, 6) is 5.12. The molecule has 25 heavy (non-hydrogen) atoms. The smallest absolute Gasteiger partial charge is 0.265 e. The van der Waals surface area contributed by atoms with Gasteiger partial charge in [-0.2, -0.15) is 4.31 Å². The topological polar surface area (TPSA) is 102 Å². The van der Waals surface area contributed by atoms with Gasteiger partial charge < -0.3 is 4.74 Å². The third-order valence-corrected chi connectivity index (χ3v) is 5.66. The number of sulfonamides is 1. The molecule has 9 heteroatoms. The summed E-state index contributed by atoms with van der Waals surface area (Å²) in [7, 11) is -0.813. The van der Waals surface area contributed by atoms with Crippen molar-refractivity contribution in [3.05, 3.63) is 58.6 Å². The van der Waals surface area contributed by atoms with Crippen molar-refractivity contribution in [3.8, 4) is 5.75 Å². The Morgan fingerprint density at radius 2 is 1.88 bits per heavy atom. The number of halogens is 1. The second-order valence-corrected chi connectivity index (χ2v) is 7.70. The highest BCUT2D eigenvalue weighted by atomic mass is 35.5. The summed E-state index contributed by atoms with van der Waals surface area (Å²) >= 11 is 5.80. The molecule has 0 fully saturated rings. The Morgan fingerprint density at radius 3 is 2.44 bits per heavy atom. The fraction of sp³-hybridized carbons (Fsp3) is 0.188. The number of hydrazine groups is 1. The van der Waals surface area contributed by atoms with Crippen LogP contribution in [-0.4, -0.2) is 32.8 Å². The lowest BCUT2D eigenvalue weighted by Gasteiger charge is -2.19. The average Bonchev–Trinajstić information content (AvgIpc) is 2.61. The standard InChI is InChI=1S/C16H18ClN3O4S/c1-20(25(22,23)14-6-4-13(17)5-7-14)10-12-9-11(16(21)19-18)3-8-15(12)24-2/h3-9H,10,18H2,1-2H3,(H,19,21). The van der Waals surface area contributed by atoms with Crippen molar-refractivity contribution in [1.29, 1.82) is 0 Å². The zero-order valence-electron chi connectivity index (χ0n) is 13.7. The highest BCUT2D eigenvalue weighted by molar-refractivity contribution is 7.89. The molecule has 0 aliphatic carbocycles. The van der Waals surface area contributed by atoms with Gasteiger partial charge in [-0.05, 0) is 42.5 Å². The van der Waals surface area contributed by atoms with Crippen LogP contribution >= 0.6 is 11.6 Å². The van der Waals surface area contributed by atoms with Crippen molar-refractivity contribution in [2.24, 2.45) is 5.84 Å². The molecule has 0 saturated carbocycles. The van der Waals surface area contributed by atoms with E-state index >= 15 is 0 Å². The normalized spacial score (nSPS) is 11.4. The predicted octanol–water partition coefficient (Wildman–Crippen LogP) is 1.77. The monoisotopic (exact) mass is 383 g/mol. The summed E-state index contributed by atoms with van der Waals surface area (Å²) in [6, 6.07) is 10.5. The van der Waals surface area contributed by atoms with Gasteiger partial charge in [-0.25, -0.2) is 14.3 Å². The van der Waals surface area contributed by atoms with Crippen LogP contribution in [0.1, 0.15) is 15.9 Å². The molecular formula is C16H18ClN3O4S. The molecule has 2 rings (SSSR count). The number of hydrogen-bond acceptors (Lipinski definition) is 5. The van der Waals surface area contributed by atoms with Crippen molar-refractivity contribution in [2.75, 3.05) is 14.2 Å². The number of carbonyl (C=O) groups is 1. The average molecular weight is 384 g/mol. The van der Waals surface area contributed by atoms with Gasteiger partial charge in [0, 0.05) is 29.7 Å². The van der Waals surface area contributed by atoms with Crippen molar-refractivity contribution >= 4 is 27.5 Å². The molecule has 2 aromatic carbocycles. The number of nitrogens with one attached hydrogen (secondary N) is 1. The number of nitrogens with two attached hydrogens (primary N) is 1. The number of carbonyl (C=O) groups excluding carboxylic acids is 1. The maximum absolute atomic E-state index is 12.7. The second kappa shape index (κ2) is 7.83. The van der Waals surface area contributed by atoms with Crippen LogP contribution in [-0.2, 0) is 16.6 Å². The number of ether oxygens (including phenoxy) is 1. The molecule has 0 unspecified atom stereocenters. The number of methoxy groups -OCH3 is 1. The SMILES string of the molecule is COc1ccc(C(=O)NN)cc1CN(C)S(=O)(=O)c1ccc(Cl)cc1. The maximum atomic E-state index is 12.7. The Morgan fingerprint density at radius 1 is 1.24 bits per heavy atom. The second-order valence-electron chi connectivity index (χ2n) is 5.22. The molecule has 0 saturated heterocycles. The Hall–Kier alpha value is -2.13. The highest BCUT2D eigenvalue weighted by Gasteiger charge is 2.22. The van der Waals surface area contributed by atoms with Crippen LogP contribution in [0.4, 0.5) is 0 Å². The van der Waals surface area contributed by atoms with E-state index in [1.54, 1.807) is 6.07 Å². The Bertz CT molecular complexity index is 869. The minimum absolute atomic E-state index is 0.0137. The van der Waals surface area contributed by atoms with E-state index in [1.165, 1.54) is 50.6 Å². The first-order valence-electron chi connectivity index (χ1n) is 7.19. The molecule has 0 aromatic heterocycles. The first kappa shape index (κ1) is 19.2. The Labute approximate surface area is 151 Å². The molecule has 7 nitrogen and oxygen atoms in total. The molecule has 0 radical (unpaired) electrons. The fourth-order valence-corrected chi connectivity index (χ4v) is 3.51. The van der Waals surface area contributed by atoms with Gasteiger partial charge >= 0.3 is 0 Å². The van der Waals surface area contributed by atoms with E-state index in [0.29, 0.717) is 21.9 Å². The van der Waals surface area contributed by atoms with E-state index in [2.05, 4.69) is 0 Å². The number of amides is 1. The van der Waals surface area contributed by atoms with Crippen molar-refractivity contribution in [1.82, 2.24) is 9.73 Å². The molecule has 3 N–H and O–H groups in total. The van der Waals surface area contributed by atoms with Crippen LogP contribution in [0.25, 0.3) is 0 Å². The van der Waals surface area contributed by atoms with E-state index < -0.39 is 15.9 Å². The molecular weight excluding hydrogens is 366 g/mol. The number of nitrogens with zero attached hydrogens (tertiary/aromatic N) is 1. The summed E-state index contributed by atoms with van der Waals surface area (Å²) in [6.45, 7) is 0.0137. The van der Waals surface area contributed by atoms with E-state index in [9.17, 15) is 13.2 Å². The summed E-state index contributed by atoms with van der Waals surface area (Å²) in [5.41, 5.74) is 2.87. The van der Waals surface area contributed by atoms with E-state index in [1.807, 2.05) is 5.43 Å². The van der Waals surface area contributed by atoms with E-state index in [0.717, 1.165) is 4.31 Å². The summed E-state index contributed by atoms with van der Waals surface area (Å²) < 4.78 is 31.7. The van der Waals surface area contributed by atoms with Gasteiger partial charge in [0.1, 0.15) is 5.75 Å². The Balaban J connectivity index is 2.34. The summed E-state index contributed by atoms with van der Waals surface area (Å²) in [6.07, 6.45) is 0. The number of rotatable bonds is 6.